The summed E-state index contributed by atoms with van der Waals surface area (Å²) in [6.45, 7) is 1.75. The lowest BCUT2D eigenvalue weighted by Crippen LogP contribution is -2.60. The molecule has 0 bridgehead atoms. The lowest BCUT2D eigenvalue weighted by atomic mass is 9.99. The molecule has 2 heterocycles. The van der Waals surface area contributed by atoms with Gasteiger partial charge in [-0.3, -0.25) is 0 Å². The Morgan fingerprint density at radius 3 is 2.09 bits per heavy atom. The molecule has 5 atom stereocenters. The molecular formula is C26H27F5N4O7S. The summed E-state index contributed by atoms with van der Waals surface area (Å²) in [5.74, 6) is -0.425. The molecule has 0 spiro atoms. The number of aromatic nitrogens is 3. The van der Waals surface area contributed by atoms with Crippen LogP contribution in [0.3, 0.4) is 0 Å². The fourth-order valence-electron chi connectivity index (χ4n) is 4.31. The van der Waals surface area contributed by atoms with E-state index in [-0.39, 0.29) is 5.82 Å². The SMILES string of the molecule is COC1C(C)OC(OC(=O)N(S)c2ccc(-c3ncn(-c4ccc(OC(F)(F)C(F)(F)F)cc4)n3)cc2)C(OC)C1OC. The third kappa shape index (κ3) is 7.01. The summed E-state index contributed by atoms with van der Waals surface area (Å²) in [5, 5.41) is 4.29. The van der Waals surface area contributed by atoms with Crippen LogP contribution in [0.4, 0.5) is 32.4 Å². The molecule has 5 unspecified atom stereocenters. The number of hydrogen-bond acceptors (Lipinski definition) is 10. The molecule has 17 heteroatoms. The standard InChI is InChI=1S/C26H27F5N4O7S/c1-14-19(37-2)20(38-3)21(39-4)23(40-14)41-24(36)35(43)17-7-5-15(6-8-17)22-32-13-34(33-22)16-9-11-18(12-10-16)42-26(30,31)25(27,28)29/h5-14,19-21,23,43H,1-4H3. The molecule has 0 radical (unpaired) electrons. The maximum Gasteiger partial charge on any atom is 0.499 e. The summed E-state index contributed by atoms with van der Waals surface area (Å²) in [7, 11) is 4.43. The van der Waals surface area contributed by atoms with Crippen LogP contribution >= 0.6 is 12.8 Å². The van der Waals surface area contributed by atoms with Crippen molar-refractivity contribution in [2.75, 3.05) is 25.6 Å². The number of methoxy groups -OCH3 is 3. The van der Waals surface area contributed by atoms with E-state index in [0.717, 1.165) is 16.4 Å². The van der Waals surface area contributed by atoms with Crippen LogP contribution in [0.25, 0.3) is 17.1 Å². The number of carbonyl (C=O) groups is 1. The lowest BCUT2D eigenvalue weighted by molar-refractivity contribution is -0.360. The van der Waals surface area contributed by atoms with Gasteiger partial charge >= 0.3 is 18.4 Å². The maximum atomic E-state index is 13.1. The van der Waals surface area contributed by atoms with Gasteiger partial charge < -0.3 is 28.4 Å². The molecule has 0 aliphatic carbocycles. The first kappa shape index (κ1) is 32.4. The van der Waals surface area contributed by atoms with Crippen molar-refractivity contribution in [1.82, 2.24) is 14.8 Å². The average Bonchev–Trinajstić information content (AvgIpc) is 3.46. The fourth-order valence-corrected chi connectivity index (χ4v) is 4.49. The molecule has 1 aliphatic heterocycles. The van der Waals surface area contributed by atoms with E-state index in [9.17, 15) is 26.7 Å². The Bertz CT molecular complexity index is 1380. The predicted octanol–water partition coefficient (Wildman–Crippen LogP) is 5.05. The van der Waals surface area contributed by atoms with E-state index >= 15 is 0 Å². The Balaban J connectivity index is 1.41. The van der Waals surface area contributed by atoms with Crippen LogP contribution in [-0.4, -0.2) is 85.2 Å². The number of rotatable bonds is 9. The summed E-state index contributed by atoms with van der Waals surface area (Å²) in [6, 6.07) is 10.7. The molecule has 1 aliphatic rings. The Labute approximate surface area is 247 Å². The van der Waals surface area contributed by atoms with E-state index in [1.165, 1.54) is 44.5 Å². The molecule has 234 valence electrons. The normalized spacial score (nSPS) is 22.7. The number of halogens is 5. The van der Waals surface area contributed by atoms with E-state index in [4.69, 9.17) is 23.7 Å². The molecule has 1 saturated heterocycles. The van der Waals surface area contributed by atoms with Crippen molar-refractivity contribution in [2.24, 2.45) is 0 Å². The van der Waals surface area contributed by atoms with Gasteiger partial charge in [-0.05, 0) is 55.5 Å². The first-order valence-electron chi connectivity index (χ1n) is 12.5. The van der Waals surface area contributed by atoms with E-state index in [1.54, 1.807) is 31.2 Å². The highest BCUT2D eigenvalue weighted by Gasteiger charge is 2.61. The largest absolute Gasteiger partial charge is 0.499 e. The van der Waals surface area contributed by atoms with Crippen LogP contribution < -0.4 is 9.04 Å². The highest BCUT2D eigenvalue weighted by molar-refractivity contribution is 7.82. The second-order valence-electron chi connectivity index (χ2n) is 9.18. The maximum absolute atomic E-state index is 13.1. The van der Waals surface area contributed by atoms with Crippen LogP contribution in [0.2, 0.25) is 0 Å². The molecule has 11 nitrogen and oxygen atoms in total. The first-order valence-corrected chi connectivity index (χ1v) is 12.9. The van der Waals surface area contributed by atoms with Crippen LogP contribution in [0, 0.1) is 0 Å². The van der Waals surface area contributed by atoms with Crippen molar-refractivity contribution in [3.8, 4) is 22.8 Å². The molecule has 4 rings (SSSR count). The van der Waals surface area contributed by atoms with E-state index in [1.807, 2.05) is 0 Å². The number of benzene rings is 2. The van der Waals surface area contributed by atoms with Gasteiger partial charge in [0.05, 0.1) is 17.5 Å². The Morgan fingerprint density at radius 1 is 0.930 bits per heavy atom. The molecular weight excluding hydrogens is 607 g/mol. The van der Waals surface area contributed by atoms with Crippen molar-refractivity contribution in [3.63, 3.8) is 0 Å². The van der Waals surface area contributed by atoms with Crippen molar-refractivity contribution < 1.29 is 55.2 Å². The van der Waals surface area contributed by atoms with E-state index < -0.39 is 54.8 Å². The number of amides is 1. The molecule has 1 fully saturated rings. The van der Waals surface area contributed by atoms with Crippen LogP contribution in [0.5, 0.6) is 5.75 Å². The van der Waals surface area contributed by atoms with Crippen LogP contribution in [0.15, 0.2) is 54.9 Å². The second-order valence-corrected chi connectivity index (χ2v) is 9.58. The van der Waals surface area contributed by atoms with Gasteiger partial charge in [0.2, 0.25) is 6.29 Å². The lowest BCUT2D eigenvalue weighted by Gasteiger charge is -2.43. The van der Waals surface area contributed by atoms with Gasteiger partial charge in [0, 0.05) is 26.9 Å². The number of nitrogens with zero attached hydrogens (tertiary/aromatic N) is 4. The minimum atomic E-state index is -5.86. The van der Waals surface area contributed by atoms with E-state index in [0.29, 0.717) is 16.9 Å². The molecule has 1 aromatic heterocycles. The number of thiol groups is 1. The van der Waals surface area contributed by atoms with Gasteiger partial charge in [-0.2, -0.15) is 22.0 Å². The number of hydrogen-bond donors (Lipinski definition) is 1. The van der Waals surface area contributed by atoms with Gasteiger partial charge in [0.25, 0.3) is 0 Å². The fraction of sp³-hybridized carbons (Fsp3) is 0.423. The second kappa shape index (κ2) is 13.0. The van der Waals surface area contributed by atoms with Gasteiger partial charge in [-0.15, -0.1) is 5.10 Å². The Kier molecular flexibility index (Phi) is 9.80. The van der Waals surface area contributed by atoms with Crippen molar-refractivity contribution in [2.45, 2.75) is 49.9 Å². The topological polar surface area (TPSA) is 106 Å². The summed E-state index contributed by atoms with van der Waals surface area (Å²) >= 11 is 4.25. The van der Waals surface area contributed by atoms with Gasteiger partial charge in [-0.25, -0.2) is 18.8 Å². The van der Waals surface area contributed by atoms with Crippen molar-refractivity contribution >= 4 is 24.6 Å². The molecule has 1 amide bonds. The highest BCUT2D eigenvalue weighted by atomic mass is 32.1. The van der Waals surface area contributed by atoms with Crippen molar-refractivity contribution in [1.29, 1.82) is 0 Å². The molecule has 0 N–H and O–H groups in total. The zero-order valence-corrected chi connectivity index (χ0v) is 24.0. The zero-order chi connectivity index (χ0) is 31.5. The zero-order valence-electron chi connectivity index (χ0n) is 23.1. The molecule has 43 heavy (non-hydrogen) atoms. The Hall–Kier alpha value is -3.51. The van der Waals surface area contributed by atoms with Gasteiger partial charge in [0.15, 0.2) is 5.82 Å². The summed E-state index contributed by atoms with van der Waals surface area (Å²) in [4.78, 5) is 17.1. The number of ether oxygens (including phenoxy) is 6. The average molecular weight is 635 g/mol. The number of anilines is 1. The summed E-state index contributed by atoms with van der Waals surface area (Å²) in [5.41, 5.74) is 1.21. The molecule has 3 aromatic rings. The molecule has 2 aromatic carbocycles. The number of carbonyl (C=O) groups excluding carboxylic acids is 1. The summed E-state index contributed by atoms with van der Waals surface area (Å²) < 4.78 is 97.2. The monoisotopic (exact) mass is 634 g/mol. The molecule has 0 saturated carbocycles. The Morgan fingerprint density at radius 2 is 1.53 bits per heavy atom. The van der Waals surface area contributed by atoms with Crippen molar-refractivity contribution in [3.05, 3.63) is 54.9 Å². The minimum Gasteiger partial charge on any atom is -0.426 e. The van der Waals surface area contributed by atoms with Gasteiger partial charge in [0.1, 0.15) is 30.4 Å². The van der Waals surface area contributed by atoms with Gasteiger partial charge in [-0.1, -0.05) is 12.8 Å². The third-order valence-corrected chi connectivity index (χ3v) is 6.87. The quantitative estimate of drug-likeness (QED) is 0.256. The predicted molar refractivity (Wildman–Crippen MR) is 143 cm³/mol. The number of alkyl halides is 5. The van der Waals surface area contributed by atoms with Crippen LogP contribution in [-0.2, 0) is 23.7 Å². The summed E-state index contributed by atoms with van der Waals surface area (Å²) in [6.07, 6.45) is -14.1. The highest BCUT2D eigenvalue weighted by Crippen LogP contribution is 2.37. The van der Waals surface area contributed by atoms with Crippen LogP contribution in [0.1, 0.15) is 6.92 Å². The van der Waals surface area contributed by atoms with E-state index in [2.05, 4.69) is 27.6 Å². The third-order valence-electron chi connectivity index (χ3n) is 6.47. The smallest absolute Gasteiger partial charge is 0.426 e. The minimum absolute atomic E-state index is 0.259. The first-order chi connectivity index (χ1) is 20.3.